The molecule has 296 valence electrons. The number of piperazine rings is 1. The second-order valence-corrected chi connectivity index (χ2v) is 17.6. The molecule has 4 atom stereocenters. The molecule has 0 aromatic heterocycles. The third kappa shape index (κ3) is 8.70. The van der Waals surface area contributed by atoms with Crippen LogP contribution in [0, 0.1) is 11.8 Å². The molecule has 2 fully saturated rings. The number of fused-ring (bicyclic) bond motifs is 3. The highest BCUT2D eigenvalue weighted by Crippen LogP contribution is 2.47. The first-order valence-electron chi connectivity index (χ1n) is 19.1. The predicted molar refractivity (Wildman–Crippen MR) is 208 cm³/mol. The zero-order valence-corrected chi connectivity index (χ0v) is 33.6. The van der Waals surface area contributed by atoms with Gasteiger partial charge in [-0.3, -0.25) is 9.69 Å². The molecule has 1 saturated carbocycles. The highest BCUT2D eigenvalue weighted by molar-refractivity contribution is 7.90. The van der Waals surface area contributed by atoms with E-state index >= 15 is 0 Å². The lowest BCUT2D eigenvalue weighted by Crippen LogP contribution is -2.52. The van der Waals surface area contributed by atoms with Gasteiger partial charge in [0.2, 0.25) is 0 Å². The van der Waals surface area contributed by atoms with E-state index in [0.29, 0.717) is 55.9 Å². The van der Waals surface area contributed by atoms with Crippen LogP contribution in [-0.4, -0.2) is 115 Å². The summed E-state index contributed by atoms with van der Waals surface area (Å²) in [6, 6.07) is 10.8. The third-order valence-corrected chi connectivity index (χ3v) is 13.2. The fourth-order valence-corrected chi connectivity index (χ4v) is 9.72. The van der Waals surface area contributed by atoms with Crippen molar-refractivity contribution in [1.29, 1.82) is 0 Å². The van der Waals surface area contributed by atoms with Crippen molar-refractivity contribution in [1.82, 2.24) is 14.5 Å². The molecule has 1 spiro atoms. The number of nitrogens with one attached hydrogen (secondary N) is 1. The van der Waals surface area contributed by atoms with Gasteiger partial charge in [0.15, 0.2) is 0 Å². The van der Waals surface area contributed by atoms with Crippen LogP contribution in [0.5, 0.6) is 5.75 Å². The summed E-state index contributed by atoms with van der Waals surface area (Å²) in [6.45, 7) is 14.9. The molecule has 2 aliphatic heterocycles. The van der Waals surface area contributed by atoms with Crippen LogP contribution in [0.4, 0.5) is 10.5 Å². The van der Waals surface area contributed by atoms with Gasteiger partial charge in [-0.15, -0.1) is 0 Å². The number of sulfonamides is 1. The SMILES string of the molecule is C=C[C@H](OC(=O)N1CCN(CCOC)CC1)[C@@H]1CC[C@H]1CN1C[C@@]2(CCCc3cc(Cl)ccc32)COc2ccc(S(=O)(=O)NC(=O)C(C)(C)OCC)cc21. The van der Waals surface area contributed by atoms with Gasteiger partial charge in [-0.1, -0.05) is 30.3 Å². The molecule has 12 nitrogen and oxygen atoms in total. The molecule has 0 radical (unpaired) electrons. The number of rotatable bonds is 13. The average molecular weight is 787 g/mol. The van der Waals surface area contributed by atoms with E-state index in [1.807, 2.05) is 12.1 Å². The number of benzene rings is 2. The summed E-state index contributed by atoms with van der Waals surface area (Å²) in [7, 11) is -2.57. The van der Waals surface area contributed by atoms with Crippen molar-refractivity contribution in [3.63, 3.8) is 0 Å². The Balaban J connectivity index is 1.26. The summed E-state index contributed by atoms with van der Waals surface area (Å²) in [5.41, 5.74) is 1.32. The van der Waals surface area contributed by atoms with Gasteiger partial charge in [-0.25, -0.2) is 17.9 Å². The van der Waals surface area contributed by atoms with Gasteiger partial charge < -0.3 is 28.7 Å². The Hall–Kier alpha value is -3.36. The zero-order valence-electron chi connectivity index (χ0n) is 32.0. The second kappa shape index (κ2) is 16.8. The molecule has 2 aromatic carbocycles. The van der Waals surface area contributed by atoms with E-state index in [1.165, 1.54) is 31.0 Å². The molecule has 2 heterocycles. The van der Waals surface area contributed by atoms with E-state index in [0.717, 1.165) is 51.7 Å². The van der Waals surface area contributed by atoms with E-state index < -0.39 is 27.6 Å². The van der Waals surface area contributed by atoms with Gasteiger partial charge in [0.05, 0.1) is 23.8 Å². The maximum atomic E-state index is 13.7. The molecule has 1 N–H and O–H groups in total. The topological polar surface area (TPSA) is 127 Å². The molecule has 2 aliphatic carbocycles. The highest BCUT2D eigenvalue weighted by atomic mass is 35.5. The van der Waals surface area contributed by atoms with Crippen molar-refractivity contribution in [2.24, 2.45) is 11.8 Å². The minimum absolute atomic E-state index is 0.0439. The number of carbonyl (C=O) groups is 2. The van der Waals surface area contributed by atoms with Crippen molar-refractivity contribution >= 4 is 39.3 Å². The summed E-state index contributed by atoms with van der Waals surface area (Å²) in [4.78, 5) is 32.6. The van der Waals surface area contributed by atoms with Crippen molar-refractivity contribution < 1.29 is 37.0 Å². The van der Waals surface area contributed by atoms with Crippen LogP contribution in [-0.2, 0) is 40.9 Å². The first-order valence-corrected chi connectivity index (χ1v) is 21.0. The quantitative estimate of drug-likeness (QED) is 0.264. The molecular weight excluding hydrogens is 732 g/mol. The fraction of sp³-hybridized carbons (Fsp3) is 0.600. The van der Waals surface area contributed by atoms with Crippen LogP contribution in [0.2, 0.25) is 5.02 Å². The third-order valence-electron chi connectivity index (χ3n) is 11.7. The Morgan fingerprint density at radius 2 is 1.93 bits per heavy atom. The summed E-state index contributed by atoms with van der Waals surface area (Å²) in [5, 5.41) is 0.695. The van der Waals surface area contributed by atoms with Crippen LogP contribution in [0.1, 0.15) is 57.6 Å². The maximum Gasteiger partial charge on any atom is 0.410 e. The summed E-state index contributed by atoms with van der Waals surface area (Å²) < 4.78 is 53.1. The van der Waals surface area contributed by atoms with Gasteiger partial charge in [0.25, 0.3) is 15.9 Å². The largest absolute Gasteiger partial charge is 0.490 e. The number of amides is 2. The van der Waals surface area contributed by atoms with Gasteiger partial charge >= 0.3 is 6.09 Å². The number of ether oxygens (including phenoxy) is 4. The minimum Gasteiger partial charge on any atom is -0.490 e. The first kappa shape index (κ1) is 40.3. The number of aryl methyl sites for hydroxylation is 1. The van der Waals surface area contributed by atoms with E-state index in [-0.39, 0.29) is 34.8 Å². The highest BCUT2D eigenvalue weighted by Gasteiger charge is 2.45. The summed E-state index contributed by atoms with van der Waals surface area (Å²) in [6.07, 6.45) is 5.51. The van der Waals surface area contributed by atoms with E-state index in [2.05, 4.69) is 27.2 Å². The lowest BCUT2D eigenvalue weighted by molar-refractivity contribution is -0.140. The van der Waals surface area contributed by atoms with Crippen molar-refractivity contribution in [2.45, 2.75) is 74.9 Å². The minimum atomic E-state index is -4.26. The molecule has 14 heteroatoms. The number of methoxy groups -OCH3 is 1. The van der Waals surface area contributed by atoms with E-state index in [1.54, 1.807) is 37.1 Å². The maximum absolute atomic E-state index is 13.7. The van der Waals surface area contributed by atoms with Crippen LogP contribution < -0.4 is 14.4 Å². The van der Waals surface area contributed by atoms with Crippen LogP contribution in [0.15, 0.2) is 53.9 Å². The Morgan fingerprint density at radius 3 is 2.61 bits per heavy atom. The van der Waals surface area contributed by atoms with E-state index in [9.17, 15) is 18.0 Å². The average Bonchev–Trinajstić information content (AvgIpc) is 3.28. The number of nitrogens with zero attached hydrogens (tertiary/aromatic N) is 3. The normalized spacial score (nSPS) is 23.6. The number of anilines is 1. The molecule has 2 amide bonds. The number of halogens is 1. The first-order chi connectivity index (χ1) is 25.8. The second-order valence-electron chi connectivity index (χ2n) is 15.5. The Morgan fingerprint density at radius 1 is 1.15 bits per heavy atom. The summed E-state index contributed by atoms with van der Waals surface area (Å²) >= 11 is 6.45. The van der Waals surface area contributed by atoms with Crippen LogP contribution in [0.3, 0.4) is 0 Å². The summed E-state index contributed by atoms with van der Waals surface area (Å²) in [5.74, 6) is -0.00314. The molecule has 6 rings (SSSR count). The molecule has 0 unspecified atom stereocenters. The lowest BCUT2D eigenvalue weighted by Gasteiger charge is -2.46. The monoisotopic (exact) mass is 786 g/mol. The zero-order chi connectivity index (χ0) is 38.7. The van der Waals surface area contributed by atoms with Gasteiger partial charge in [-0.2, -0.15) is 0 Å². The molecule has 1 saturated heterocycles. The number of hydrogen-bond acceptors (Lipinski definition) is 10. The lowest BCUT2D eigenvalue weighted by atomic mass is 9.68. The van der Waals surface area contributed by atoms with Crippen molar-refractivity contribution in [3.8, 4) is 5.75 Å². The molecular formula is C40H55ClN4O8S. The smallest absolute Gasteiger partial charge is 0.410 e. The fourth-order valence-electron chi connectivity index (χ4n) is 8.40. The Labute approximate surface area is 325 Å². The number of hydrogen-bond donors (Lipinski definition) is 1. The van der Waals surface area contributed by atoms with Gasteiger partial charge in [0.1, 0.15) is 17.5 Å². The molecule has 2 aromatic rings. The predicted octanol–water partition coefficient (Wildman–Crippen LogP) is 5.41. The van der Waals surface area contributed by atoms with Gasteiger partial charge in [0, 0.05) is 75.9 Å². The standard InChI is InChI=1S/C40H55ClN4O8S/c1-6-35(53-38(47)44-19-17-43(18-20-44)21-22-50-5)32-13-10-29(32)25-45-26-40(16-8-9-28-23-30(41)11-14-33(28)40)27-51-36-15-12-31(24-34(36)45)54(48,49)42-37(46)39(3,4)52-7-2/h6,11-12,14-15,23-24,29,32,35H,1,7-10,13,16-22,25-27H2,2-5H3,(H,42,46)/t29-,32+,35-,40-/m0/s1. The van der Waals surface area contributed by atoms with Gasteiger partial charge in [-0.05, 0) is 100 Å². The Kier molecular flexibility index (Phi) is 12.5. The van der Waals surface area contributed by atoms with Crippen LogP contribution >= 0.6 is 11.6 Å². The van der Waals surface area contributed by atoms with Crippen molar-refractivity contribution in [2.75, 3.05) is 77.6 Å². The van der Waals surface area contributed by atoms with Crippen LogP contribution in [0.25, 0.3) is 0 Å². The van der Waals surface area contributed by atoms with Crippen molar-refractivity contribution in [3.05, 3.63) is 65.2 Å². The molecule has 4 aliphatic rings. The number of carbonyl (C=O) groups excluding carboxylic acids is 2. The molecule has 0 bridgehead atoms. The molecule has 54 heavy (non-hydrogen) atoms. The Bertz CT molecular complexity index is 1800. The van der Waals surface area contributed by atoms with E-state index in [4.69, 9.17) is 30.5 Å².